The van der Waals surface area contributed by atoms with E-state index in [9.17, 15) is 0 Å². The first-order chi connectivity index (χ1) is 26.4. The van der Waals surface area contributed by atoms with Crippen molar-refractivity contribution >= 4 is 46.2 Å². The summed E-state index contributed by atoms with van der Waals surface area (Å²) in [5, 5.41) is 0. The van der Waals surface area contributed by atoms with Gasteiger partial charge in [0.15, 0.2) is 0 Å². The van der Waals surface area contributed by atoms with Crippen LogP contribution in [-0.4, -0.2) is 5.92 Å². The molecule has 0 amide bonds. The third-order valence-corrected chi connectivity index (χ3v) is 34.2. The van der Waals surface area contributed by atoms with E-state index in [1.165, 1.54) is 90.7 Å². The predicted octanol–water partition coefficient (Wildman–Crippen LogP) is 13.4. The summed E-state index contributed by atoms with van der Waals surface area (Å²) in [6.07, 6.45) is 11.9. The second-order valence-corrected chi connectivity index (χ2v) is 39.3. The first kappa shape index (κ1) is 35.0. The minimum atomic E-state index is -2.76. The molecule has 2 aromatic heterocycles. The molecule has 0 aliphatic heterocycles. The zero-order chi connectivity index (χ0) is 36.5. The molecule has 6 aromatic rings. The molecule has 0 bridgehead atoms. The topological polar surface area (TPSA) is 26.3 Å². The van der Waals surface area contributed by atoms with Gasteiger partial charge in [0.1, 0.15) is 0 Å². The summed E-state index contributed by atoms with van der Waals surface area (Å²) < 4.78 is 12.9. The quantitative estimate of drug-likeness (QED) is 0.136. The average Bonchev–Trinajstić information content (AvgIpc) is 4.04. The first-order valence-electron chi connectivity index (χ1n) is 19.6. The van der Waals surface area contributed by atoms with Gasteiger partial charge in [0.05, 0.1) is 0 Å². The number of furan rings is 2. The van der Waals surface area contributed by atoms with Crippen molar-refractivity contribution in [2.24, 2.45) is 0 Å². The molecular formula is C48H43Cl2O2SiZr. The molecule has 0 N–H and O–H groups in total. The van der Waals surface area contributed by atoms with Crippen LogP contribution in [0.5, 0.6) is 0 Å². The van der Waals surface area contributed by atoms with Crippen LogP contribution >= 0.6 is 17.0 Å². The molecule has 6 heteroatoms. The first-order valence-corrected chi connectivity index (χ1v) is 32.4. The van der Waals surface area contributed by atoms with Gasteiger partial charge in [-0.15, -0.1) is 0 Å². The zero-order valence-electron chi connectivity index (χ0n) is 30.9. The van der Waals surface area contributed by atoms with Crippen molar-refractivity contribution in [3.63, 3.8) is 0 Å². The summed E-state index contributed by atoms with van der Waals surface area (Å²) in [6, 6.07) is 37.9. The summed E-state index contributed by atoms with van der Waals surface area (Å²) in [5.41, 5.74) is 19.8. The molecule has 0 spiro atoms. The standard InChI is InChI=1S/C48H43O2Si.2ClH.Zr/c1-29-19-21-45(49-29)39-25-41-37(23-33-15-9-17-35(33)47(41)31-11-5-3-6-12-31)43(39)27-51-28-44-38-24-34-16-10-18-36(34)48(32-13-7-4-8-14-32)42(38)26-40(44)46-22-20-30(2)50-46;;;/h3-8,11-14,19-26,43-44,51H,9-10,15-18,27-28H2,1-2H3;2*1H;/q;;;+2/p-2. The number of hydrogen-bond donors (Lipinski definition) is 0. The summed E-state index contributed by atoms with van der Waals surface area (Å²) in [4.78, 5) is 0. The van der Waals surface area contributed by atoms with Gasteiger partial charge in [0, 0.05) is 0 Å². The maximum absolute atomic E-state index is 7.43. The maximum atomic E-state index is 7.43. The molecule has 4 aliphatic rings. The molecule has 0 saturated carbocycles. The second kappa shape index (κ2) is 14.3. The summed E-state index contributed by atoms with van der Waals surface area (Å²) >= 11 is -2.76. The van der Waals surface area contributed by atoms with Crippen LogP contribution in [0.4, 0.5) is 0 Å². The Kier molecular flexibility index (Phi) is 9.26. The molecule has 269 valence electrons. The summed E-state index contributed by atoms with van der Waals surface area (Å²) in [7, 11) is 14.9. The third kappa shape index (κ3) is 6.08. The Morgan fingerprint density at radius 3 is 1.43 bits per heavy atom. The number of fused-ring (bicyclic) bond motifs is 4. The van der Waals surface area contributed by atoms with Crippen molar-refractivity contribution in [2.75, 3.05) is 0 Å². The van der Waals surface area contributed by atoms with E-state index in [-0.39, 0.29) is 11.8 Å². The molecule has 0 radical (unpaired) electrons. The zero-order valence-corrected chi connectivity index (χ0v) is 36.0. The van der Waals surface area contributed by atoms with E-state index in [4.69, 9.17) is 25.9 Å². The fraction of sp³-hybridized carbons (Fsp3) is 0.250. The van der Waals surface area contributed by atoms with Crippen LogP contribution in [0.3, 0.4) is 0 Å². The third-order valence-electron chi connectivity index (χ3n) is 12.6. The van der Waals surface area contributed by atoms with Gasteiger partial charge >= 0.3 is 337 Å². The van der Waals surface area contributed by atoms with E-state index in [0.29, 0.717) is 0 Å². The molecule has 0 saturated heterocycles. The van der Waals surface area contributed by atoms with Gasteiger partial charge in [-0.25, -0.2) is 0 Å². The predicted molar refractivity (Wildman–Crippen MR) is 224 cm³/mol. The van der Waals surface area contributed by atoms with Gasteiger partial charge in [-0.1, -0.05) is 0 Å². The molecule has 2 atom stereocenters. The molecule has 2 nitrogen and oxygen atoms in total. The van der Waals surface area contributed by atoms with Crippen molar-refractivity contribution in [1.82, 2.24) is 0 Å². The SMILES string of the molecule is Cc1ccc(C2=Cc3c(cc4c(c3-c3ccccc3)CCC4)C2C[SiH](CC2C(c3ccc(C)o3)=Cc3c2cc2c(c3-c3ccccc3)CCC2)[Zr]([Cl])[Cl])o1. The van der Waals surface area contributed by atoms with Crippen molar-refractivity contribution in [3.05, 3.63) is 165 Å². The fourth-order valence-corrected chi connectivity index (χ4v) is 25.3. The molecule has 0 fully saturated rings. The molecular weight excluding hydrogens is 799 g/mol. The number of aryl methyl sites for hydroxylation is 4. The monoisotopic (exact) mass is 839 g/mol. The van der Waals surface area contributed by atoms with E-state index >= 15 is 0 Å². The molecule has 2 heterocycles. The second-order valence-electron chi connectivity index (χ2n) is 15.8. The van der Waals surface area contributed by atoms with E-state index in [1.807, 2.05) is 13.8 Å². The van der Waals surface area contributed by atoms with Gasteiger partial charge in [-0.2, -0.15) is 0 Å². The van der Waals surface area contributed by atoms with Crippen LogP contribution in [-0.2, 0) is 44.2 Å². The van der Waals surface area contributed by atoms with Crippen LogP contribution in [0.15, 0.2) is 106 Å². The Balaban J connectivity index is 1.10. The van der Waals surface area contributed by atoms with Crippen LogP contribution in [0.25, 0.3) is 45.6 Å². The van der Waals surface area contributed by atoms with Crippen LogP contribution < -0.4 is 0 Å². The van der Waals surface area contributed by atoms with Gasteiger partial charge in [-0.3, -0.25) is 0 Å². The molecule has 10 rings (SSSR count). The fourth-order valence-electron chi connectivity index (χ4n) is 10.2. The van der Waals surface area contributed by atoms with Crippen LogP contribution in [0.1, 0.15) is 92.2 Å². The Hall–Kier alpha value is -3.40. The van der Waals surface area contributed by atoms with Gasteiger partial charge < -0.3 is 0 Å². The van der Waals surface area contributed by atoms with E-state index < -0.39 is 24.4 Å². The number of benzene rings is 4. The van der Waals surface area contributed by atoms with Gasteiger partial charge in [0.25, 0.3) is 0 Å². The van der Waals surface area contributed by atoms with Crippen LogP contribution in [0, 0.1) is 13.8 Å². The number of rotatable bonds is 9. The molecule has 4 aromatic carbocycles. The van der Waals surface area contributed by atoms with Crippen molar-refractivity contribution in [2.45, 2.75) is 76.3 Å². The minimum absolute atomic E-state index is 0.211. The Morgan fingerprint density at radius 1 is 0.593 bits per heavy atom. The van der Waals surface area contributed by atoms with E-state index in [0.717, 1.165) is 60.8 Å². The summed E-state index contributed by atoms with van der Waals surface area (Å²) in [5.74, 6) is 2.57. The van der Waals surface area contributed by atoms with Gasteiger partial charge in [0.2, 0.25) is 0 Å². The molecule has 2 unspecified atom stereocenters. The normalized spacial score (nSPS) is 18.6. The van der Waals surface area contributed by atoms with Crippen LogP contribution in [0.2, 0.25) is 12.1 Å². The van der Waals surface area contributed by atoms with Gasteiger partial charge in [-0.05, 0) is 0 Å². The Bertz CT molecular complexity index is 2300. The van der Waals surface area contributed by atoms with Crippen molar-refractivity contribution in [3.8, 4) is 22.3 Å². The van der Waals surface area contributed by atoms with Crippen molar-refractivity contribution in [1.29, 1.82) is 0 Å². The number of halogens is 2. The van der Waals surface area contributed by atoms with E-state index in [2.05, 4.69) is 109 Å². The number of allylic oxidation sites excluding steroid dienone is 2. The average molecular weight is 842 g/mol. The molecule has 54 heavy (non-hydrogen) atoms. The van der Waals surface area contributed by atoms with Crippen molar-refractivity contribution < 1.29 is 27.4 Å². The molecule has 4 aliphatic carbocycles. The van der Waals surface area contributed by atoms with E-state index in [1.54, 1.807) is 0 Å². The number of hydrogen-bond acceptors (Lipinski definition) is 2. The Morgan fingerprint density at radius 2 is 1.04 bits per heavy atom. The summed E-state index contributed by atoms with van der Waals surface area (Å²) in [6.45, 7) is 4.10. The Labute approximate surface area is 334 Å².